The third-order valence-corrected chi connectivity index (χ3v) is 3.38. The maximum absolute atomic E-state index is 4.56. The molecule has 0 unspecified atom stereocenters. The fourth-order valence-electron chi connectivity index (χ4n) is 2.20. The monoisotopic (exact) mass is 271 g/mol. The Kier molecular flexibility index (Phi) is 4.29. The lowest BCUT2D eigenvalue weighted by Gasteiger charge is -2.20. The molecule has 1 heterocycles. The van der Waals surface area contributed by atoms with Gasteiger partial charge in [0.25, 0.3) is 0 Å². The van der Waals surface area contributed by atoms with Crippen LogP contribution in [0.5, 0.6) is 0 Å². The second-order valence-electron chi connectivity index (χ2n) is 6.32. The summed E-state index contributed by atoms with van der Waals surface area (Å²) in [4.78, 5) is 0. The van der Waals surface area contributed by atoms with Crippen molar-refractivity contribution in [2.75, 3.05) is 0 Å². The molecular weight excluding hydrogens is 246 g/mol. The summed E-state index contributed by atoms with van der Waals surface area (Å²) in [6.45, 7) is 11.7. The Balaban J connectivity index is 2.27. The van der Waals surface area contributed by atoms with Gasteiger partial charge in [0.2, 0.25) is 0 Å². The van der Waals surface area contributed by atoms with Crippen LogP contribution in [-0.2, 0) is 13.0 Å². The Bertz CT molecular complexity index is 559. The molecule has 0 bridgehead atoms. The van der Waals surface area contributed by atoms with Gasteiger partial charge in [0.15, 0.2) is 0 Å². The summed E-state index contributed by atoms with van der Waals surface area (Å²) >= 11 is 0. The highest BCUT2D eigenvalue weighted by molar-refractivity contribution is 5.37. The minimum Gasteiger partial charge on any atom is -0.308 e. The zero-order valence-corrected chi connectivity index (χ0v) is 13.2. The summed E-state index contributed by atoms with van der Waals surface area (Å²) in [6, 6.07) is 8.51. The molecule has 0 saturated carbocycles. The van der Waals surface area contributed by atoms with E-state index >= 15 is 0 Å². The summed E-state index contributed by atoms with van der Waals surface area (Å²) in [5, 5.41) is 8.10. The normalized spacial score (nSPS) is 11.8. The lowest BCUT2D eigenvalue weighted by molar-refractivity contribution is 0.423. The first-order chi connectivity index (χ1) is 9.40. The van der Waals surface area contributed by atoms with E-state index in [1.54, 1.807) is 0 Å². The van der Waals surface area contributed by atoms with E-state index in [0.717, 1.165) is 18.7 Å². The molecule has 0 atom stereocenters. The van der Waals surface area contributed by atoms with Gasteiger partial charge >= 0.3 is 0 Å². The fraction of sp³-hybridized carbons (Fsp3) is 0.471. The second kappa shape index (κ2) is 5.80. The van der Waals surface area contributed by atoms with Crippen molar-refractivity contribution < 1.29 is 0 Å². The van der Waals surface area contributed by atoms with Crippen molar-refractivity contribution in [1.29, 1.82) is 0 Å². The molecule has 1 N–H and O–H groups in total. The van der Waals surface area contributed by atoms with E-state index in [4.69, 9.17) is 0 Å². The van der Waals surface area contributed by atoms with Crippen LogP contribution in [-0.4, -0.2) is 15.3 Å². The summed E-state index contributed by atoms with van der Waals surface area (Å²) in [7, 11) is 0. The predicted octanol–water partition coefficient (Wildman–Crippen LogP) is 3.63. The molecule has 0 aliphatic rings. The van der Waals surface area contributed by atoms with Crippen molar-refractivity contribution in [2.24, 2.45) is 0 Å². The Hall–Kier alpha value is -1.61. The number of benzene rings is 1. The fourth-order valence-corrected chi connectivity index (χ4v) is 2.20. The molecule has 0 saturated heterocycles. The second-order valence-corrected chi connectivity index (χ2v) is 6.32. The van der Waals surface area contributed by atoms with Gasteiger partial charge in [0.05, 0.1) is 11.9 Å². The van der Waals surface area contributed by atoms with Gasteiger partial charge in [-0.15, -0.1) is 0 Å². The van der Waals surface area contributed by atoms with Gasteiger partial charge in [-0.05, 0) is 46.2 Å². The summed E-state index contributed by atoms with van der Waals surface area (Å²) in [5.74, 6) is 0. The van der Waals surface area contributed by atoms with E-state index in [0.29, 0.717) is 0 Å². The van der Waals surface area contributed by atoms with E-state index in [1.165, 1.54) is 16.8 Å². The lowest BCUT2D eigenvalue weighted by atomic mass is 10.1. The van der Waals surface area contributed by atoms with Crippen molar-refractivity contribution in [3.8, 4) is 5.69 Å². The van der Waals surface area contributed by atoms with Crippen LogP contribution in [0.3, 0.4) is 0 Å². The standard InChI is InChI=1S/C17H25N3/c1-6-16-14(11-18-17(3,4)5)12-19-20(16)15-9-7-13(2)8-10-15/h7-10,12,18H,6,11H2,1-5H3. The number of hydrogen-bond acceptors (Lipinski definition) is 2. The maximum atomic E-state index is 4.56. The Morgan fingerprint density at radius 2 is 1.80 bits per heavy atom. The molecule has 0 fully saturated rings. The summed E-state index contributed by atoms with van der Waals surface area (Å²) < 4.78 is 2.05. The first kappa shape index (κ1) is 14.8. The third-order valence-electron chi connectivity index (χ3n) is 3.38. The number of rotatable bonds is 4. The molecule has 0 aliphatic heterocycles. The van der Waals surface area contributed by atoms with Crippen molar-refractivity contribution >= 4 is 0 Å². The highest BCUT2D eigenvalue weighted by Crippen LogP contribution is 2.17. The van der Waals surface area contributed by atoms with E-state index < -0.39 is 0 Å². The van der Waals surface area contributed by atoms with Crippen LogP contribution in [0.1, 0.15) is 44.5 Å². The summed E-state index contributed by atoms with van der Waals surface area (Å²) in [5.41, 5.74) is 5.09. The van der Waals surface area contributed by atoms with Gasteiger partial charge in [-0.25, -0.2) is 4.68 Å². The van der Waals surface area contributed by atoms with Gasteiger partial charge in [0, 0.05) is 23.3 Å². The van der Waals surface area contributed by atoms with Gasteiger partial charge < -0.3 is 5.32 Å². The zero-order chi connectivity index (χ0) is 14.8. The van der Waals surface area contributed by atoms with Crippen molar-refractivity contribution in [3.63, 3.8) is 0 Å². The van der Waals surface area contributed by atoms with Crippen molar-refractivity contribution in [1.82, 2.24) is 15.1 Å². The topological polar surface area (TPSA) is 29.9 Å². The van der Waals surface area contributed by atoms with Crippen LogP contribution in [0.4, 0.5) is 0 Å². The molecule has 0 aliphatic carbocycles. The molecule has 20 heavy (non-hydrogen) atoms. The highest BCUT2D eigenvalue weighted by atomic mass is 15.3. The molecule has 108 valence electrons. The Morgan fingerprint density at radius 1 is 1.15 bits per heavy atom. The Labute approximate surface area is 122 Å². The Morgan fingerprint density at radius 3 is 2.35 bits per heavy atom. The maximum Gasteiger partial charge on any atom is 0.0649 e. The minimum atomic E-state index is 0.122. The minimum absolute atomic E-state index is 0.122. The zero-order valence-electron chi connectivity index (χ0n) is 13.2. The molecule has 2 aromatic rings. The molecule has 1 aromatic carbocycles. The molecular formula is C17H25N3. The number of nitrogens with one attached hydrogen (secondary N) is 1. The number of aryl methyl sites for hydroxylation is 1. The quantitative estimate of drug-likeness (QED) is 0.920. The molecule has 3 heteroatoms. The largest absolute Gasteiger partial charge is 0.308 e. The average Bonchev–Trinajstić information content (AvgIpc) is 2.79. The van der Waals surface area contributed by atoms with Gasteiger partial charge in [-0.3, -0.25) is 0 Å². The van der Waals surface area contributed by atoms with Crippen LogP contribution >= 0.6 is 0 Å². The first-order valence-electron chi connectivity index (χ1n) is 7.28. The lowest BCUT2D eigenvalue weighted by Crippen LogP contribution is -2.35. The number of nitrogens with zero attached hydrogens (tertiary/aromatic N) is 2. The van der Waals surface area contributed by atoms with E-state index in [2.05, 4.69) is 74.0 Å². The first-order valence-corrected chi connectivity index (χ1v) is 7.28. The van der Waals surface area contributed by atoms with E-state index in [-0.39, 0.29) is 5.54 Å². The highest BCUT2D eigenvalue weighted by Gasteiger charge is 2.14. The smallest absolute Gasteiger partial charge is 0.0649 e. The van der Waals surface area contributed by atoms with Crippen LogP contribution < -0.4 is 5.32 Å². The summed E-state index contributed by atoms with van der Waals surface area (Å²) in [6.07, 6.45) is 2.96. The SMILES string of the molecule is CCc1c(CNC(C)(C)C)cnn1-c1ccc(C)cc1. The average molecular weight is 271 g/mol. The van der Waals surface area contributed by atoms with Gasteiger partial charge in [-0.2, -0.15) is 5.10 Å². The number of hydrogen-bond donors (Lipinski definition) is 1. The number of aromatic nitrogens is 2. The van der Waals surface area contributed by atoms with Gasteiger partial charge in [-0.1, -0.05) is 24.6 Å². The van der Waals surface area contributed by atoms with Crippen molar-refractivity contribution in [2.45, 2.75) is 53.1 Å². The van der Waals surface area contributed by atoms with E-state index in [9.17, 15) is 0 Å². The molecule has 2 rings (SSSR count). The van der Waals surface area contributed by atoms with Crippen LogP contribution in [0.2, 0.25) is 0 Å². The molecule has 0 spiro atoms. The van der Waals surface area contributed by atoms with Crippen LogP contribution in [0, 0.1) is 6.92 Å². The van der Waals surface area contributed by atoms with E-state index in [1.807, 2.05) is 6.20 Å². The van der Waals surface area contributed by atoms with Crippen LogP contribution in [0.25, 0.3) is 5.69 Å². The molecule has 1 aromatic heterocycles. The van der Waals surface area contributed by atoms with Gasteiger partial charge in [0.1, 0.15) is 0 Å². The third kappa shape index (κ3) is 3.48. The molecule has 3 nitrogen and oxygen atoms in total. The van der Waals surface area contributed by atoms with Crippen LogP contribution in [0.15, 0.2) is 30.5 Å². The van der Waals surface area contributed by atoms with Crippen molar-refractivity contribution in [3.05, 3.63) is 47.3 Å². The molecule has 0 radical (unpaired) electrons. The molecule has 0 amide bonds. The predicted molar refractivity (Wildman–Crippen MR) is 84.3 cm³/mol.